The Labute approximate surface area is 184 Å². The largest absolute Gasteiger partial charge is 0.504 e. The Kier molecular flexibility index (Phi) is 6.67. The molecule has 0 saturated carbocycles. The molecular weight excluding hydrogens is 448 g/mol. The Morgan fingerprint density at radius 2 is 1.24 bits per heavy atom. The molecule has 178 valence electrons. The van der Waals surface area contributed by atoms with Gasteiger partial charge in [0.05, 0.1) is 24.3 Å². The molecule has 13 heteroatoms. The van der Waals surface area contributed by atoms with Gasteiger partial charge >= 0.3 is 11.9 Å². The zero-order chi connectivity index (χ0) is 24.4. The summed E-state index contributed by atoms with van der Waals surface area (Å²) in [6.07, 6.45) is -5.91. The van der Waals surface area contributed by atoms with Crippen LogP contribution in [0.5, 0.6) is 34.5 Å². The molecule has 0 amide bonds. The molecule has 4 unspecified atom stereocenters. The number of hydrogen-bond acceptors (Lipinski definition) is 13. The van der Waals surface area contributed by atoms with Crippen LogP contribution in [0.3, 0.4) is 0 Å². The van der Waals surface area contributed by atoms with Crippen LogP contribution in [0.15, 0.2) is 24.3 Å². The number of esters is 2. The first-order valence-electron chi connectivity index (χ1n) is 9.35. The quantitative estimate of drug-likeness (QED) is 0.203. The number of benzene rings is 2. The maximum Gasteiger partial charge on any atom is 0.338 e. The third kappa shape index (κ3) is 4.79. The van der Waals surface area contributed by atoms with Crippen LogP contribution in [0.4, 0.5) is 0 Å². The van der Waals surface area contributed by atoms with Gasteiger partial charge in [-0.15, -0.1) is 0 Å². The zero-order valence-electron chi connectivity index (χ0n) is 16.7. The molecule has 13 nitrogen and oxygen atoms in total. The molecule has 33 heavy (non-hydrogen) atoms. The lowest BCUT2D eigenvalue weighted by atomic mass is 9.99. The van der Waals surface area contributed by atoms with Gasteiger partial charge in [-0.3, -0.25) is 0 Å². The number of aliphatic hydroxyl groups is 2. The molecule has 2 aromatic carbocycles. The molecule has 1 aliphatic rings. The number of aliphatic hydroxyl groups excluding tert-OH is 2. The molecule has 4 atom stereocenters. The summed E-state index contributed by atoms with van der Waals surface area (Å²) < 4.78 is 15.6. The van der Waals surface area contributed by atoms with Crippen molar-refractivity contribution >= 4 is 11.9 Å². The van der Waals surface area contributed by atoms with Gasteiger partial charge in [0, 0.05) is 0 Å². The highest BCUT2D eigenvalue weighted by Gasteiger charge is 2.44. The van der Waals surface area contributed by atoms with Crippen LogP contribution >= 0.6 is 0 Å². The van der Waals surface area contributed by atoms with Crippen molar-refractivity contribution in [1.29, 1.82) is 0 Å². The van der Waals surface area contributed by atoms with Crippen LogP contribution in [-0.2, 0) is 14.2 Å². The highest BCUT2D eigenvalue weighted by molar-refractivity contribution is 5.92. The molecule has 1 aliphatic heterocycles. The predicted octanol–water partition coefficient (Wildman–Crippen LogP) is -0.577. The Morgan fingerprint density at radius 1 is 0.818 bits per heavy atom. The highest BCUT2D eigenvalue weighted by Crippen LogP contribution is 2.37. The maximum absolute atomic E-state index is 12.5. The van der Waals surface area contributed by atoms with Crippen molar-refractivity contribution in [2.75, 3.05) is 13.2 Å². The van der Waals surface area contributed by atoms with E-state index in [-0.39, 0.29) is 5.56 Å². The highest BCUT2D eigenvalue weighted by atomic mass is 16.6. The van der Waals surface area contributed by atoms with Gasteiger partial charge in [-0.2, -0.15) is 0 Å². The molecular formula is C20H20O13. The number of carbonyl (C=O) groups is 2. The minimum Gasteiger partial charge on any atom is -0.504 e. The fraction of sp³-hybridized carbons (Fsp3) is 0.300. The van der Waals surface area contributed by atoms with Gasteiger partial charge in [-0.1, -0.05) is 0 Å². The maximum atomic E-state index is 12.5. The van der Waals surface area contributed by atoms with E-state index in [1.165, 1.54) is 0 Å². The van der Waals surface area contributed by atoms with Gasteiger partial charge < -0.3 is 55.1 Å². The lowest BCUT2D eigenvalue weighted by Gasteiger charge is -2.38. The SMILES string of the molecule is O=C(OC1COC(CO)C(O)C1OC(=O)c1cc(O)c(O)c(O)c1)c1cc(O)c(O)c(O)c1. The van der Waals surface area contributed by atoms with Gasteiger partial charge in [0.15, 0.2) is 46.7 Å². The minimum atomic E-state index is -1.67. The fourth-order valence-electron chi connectivity index (χ4n) is 3.09. The lowest BCUT2D eigenvalue weighted by molar-refractivity contribution is -0.196. The van der Waals surface area contributed by atoms with Gasteiger partial charge in [-0.05, 0) is 24.3 Å². The van der Waals surface area contributed by atoms with E-state index < -0.39 is 89.6 Å². The van der Waals surface area contributed by atoms with Gasteiger partial charge in [-0.25, -0.2) is 9.59 Å². The van der Waals surface area contributed by atoms with E-state index in [1.807, 2.05) is 0 Å². The number of carbonyl (C=O) groups excluding carboxylic acids is 2. The van der Waals surface area contributed by atoms with E-state index in [4.69, 9.17) is 14.2 Å². The topological polar surface area (TPSA) is 224 Å². The van der Waals surface area contributed by atoms with Crippen molar-refractivity contribution in [3.8, 4) is 34.5 Å². The number of rotatable bonds is 5. The number of aromatic hydroxyl groups is 6. The van der Waals surface area contributed by atoms with E-state index in [1.54, 1.807) is 0 Å². The molecule has 0 aliphatic carbocycles. The number of hydrogen-bond donors (Lipinski definition) is 8. The molecule has 3 rings (SSSR count). The number of phenols is 6. The van der Waals surface area contributed by atoms with Crippen molar-refractivity contribution in [3.63, 3.8) is 0 Å². The summed E-state index contributed by atoms with van der Waals surface area (Å²) in [6.45, 7) is -1.11. The van der Waals surface area contributed by atoms with Gasteiger partial charge in [0.25, 0.3) is 0 Å². The molecule has 1 saturated heterocycles. The van der Waals surface area contributed by atoms with Crippen molar-refractivity contribution in [2.45, 2.75) is 24.4 Å². The third-order valence-electron chi connectivity index (χ3n) is 4.85. The fourth-order valence-corrected chi connectivity index (χ4v) is 3.09. The monoisotopic (exact) mass is 468 g/mol. The van der Waals surface area contributed by atoms with E-state index >= 15 is 0 Å². The second-order valence-corrected chi connectivity index (χ2v) is 7.08. The average molecular weight is 468 g/mol. The lowest BCUT2D eigenvalue weighted by Crippen LogP contribution is -2.57. The summed E-state index contributed by atoms with van der Waals surface area (Å²) in [5.41, 5.74) is -0.805. The van der Waals surface area contributed by atoms with Crippen molar-refractivity contribution < 1.29 is 64.7 Å². The summed E-state index contributed by atoms with van der Waals surface area (Å²) in [4.78, 5) is 25.0. The normalized spacial score (nSPS) is 22.5. The van der Waals surface area contributed by atoms with Gasteiger partial charge in [0.1, 0.15) is 12.2 Å². The first kappa shape index (κ1) is 23.7. The van der Waals surface area contributed by atoms with Crippen LogP contribution in [0, 0.1) is 0 Å². The van der Waals surface area contributed by atoms with Crippen LogP contribution in [0.25, 0.3) is 0 Å². The molecule has 0 bridgehead atoms. The number of phenolic OH excluding ortho intramolecular Hbond substituents is 6. The molecule has 0 spiro atoms. The van der Waals surface area contributed by atoms with E-state index in [2.05, 4.69) is 0 Å². The second-order valence-electron chi connectivity index (χ2n) is 7.08. The Bertz CT molecular complexity index is 1020. The Hall–Kier alpha value is -3.94. The third-order valence-corrected chi connectivity index (χ3v) is 4.85. The summed E-state index contributed by atoms with van der Waals surface area (Å²) in [7, 11) is 0. The van der Waals surface area contributed by atoms with Crippen LogP contribution in [-0.4, -0.2) is 90.4 Å². The Balaban J connectivity index is 1.84. The molecule has 2 aromatic rings. The summed E-state index contributed by atoms with van der Waals surface area (Å²) in [5.74, 6) is -7.33. The first-order valence-corrected chi connectivity index (χ1v) is 9.35. The summed E-state index contributed by atoms with van der Waals surface area (Å²) in [6, 6.07) is 3.18. The Morgan fingerprint density at radius 3 is 1.67 bits per heavy atom. The molecule has 0 radical (unpaired) electrons. The summed E-state index contributed by atoms with van der Waals surface area (Å²) >= 11 is 0. The van der Waals surface area contributed by atoms with Crippen LogP contribution < -0.4 is 0 Å². The van der Waals surface area contributed by atoms with Crippen molar-refractivity contribution in [2.24, 2.45) is 0 Å². The predicted molar refractivity (Wildman–Crippen MR) is 104 cm³/mol. The summed E-state index contributed by atoms with van der Waals surface area (Å²) in [5, 5.41) is 76.9. The van der Waals surface area contributed by atoms with E-state index in [9.17, 15) is 50.4 Å². The smallest absolute Gasteiger partial charge is 0.338 e. The van der Waals surface area contributed by atoms with E-state index in [0.29, 0.717) is 0 Å². The van der Waals surface area contributed by atoms with E-state index in [0.717, 1.165) is 24.3 Å². The minimum absolute atomic E-state index is 0.389. The first-order chi connectivity index (χ1) is 15.5. The van der Waals surface area contributed by atoms with Crippen molar-refractivity contribution in [1.82, 2.24) is 0 Å². The molecule has 1 heterocycles. The number of ether oxygens (including phenoxy) is 3. The average Bonchev–Trinajstić information content (AvgIpc) is 2.77. The van der Waals surface area contributed by atoms with Crippen LogP contribution in [0.2, 0.25) is 0 Å². The van der Waals surface area contributed by atoms with Crippen molar-refractivity contribution in [3.05, 3.63) is 35.4 Å². The van der Waals surface area contributed by atoms with Gasteiger partial charge in [0.2, 0.25) is 0 Å². The zero-order valence-corrected chi connectivity index (χ0v) is 16.7. The standard InChI is InChI=1S/C20H20O13/c21-5-13-17(28)18(33-20(30)8-3-11(24)16(27)12(25)4-8)14(6-31-13)32-19(29)7-1-9(22)15(26)10(23)2-7/h1-4,13-14,17-18,21-28H,5-6H2. The molecule has 8 N–H and O–H groups in total. The molecule has 1 fully saturated rings. The molecule has 0 aromatic heterocycles. The van der Waals surface area contributed by atoms with Crippen LogP contribution in [0.1, 0.15) is 20.7 Å². The second kappa shape index (κ2) is 9.28.